The van der Waals surface area contributed by atoms with Gasteiger partial charge in [0.2, 0.25) is 5.88 Å². The largest absolute Gasteiger partial charge is 0.402 e. The molecule has 5 heteroatoms. The number of ether oxygens (including phenoxy) is 1. The van der Waals surface area contributed by atoms with E-state index in [-0.39, 0.29) is 17.0 Å². The summed E-state index contributed by atoms with van der Waals surface area (Å²) in [5.41, 5.74) is 1.86. The van der Waals surface area contributed by atoms with E-state index >= 15 is 0 Å². The van der Waals surface area contributed by atoms with Crippen molar-refractivity contribution in [3.8, 4) is 11.9 Å². The van der Waals surface area contributed by atoms with Crippen LogP contribution in [0.1, 0.15) is 27.2 Å². The number of carbonyl (C=O) groups excluding carboxylic acids is 1. The van der Waals surface area contributed by atoms with E-state index in [0.29, 0.717) is 16.3 Å². The predicted octanol–water partition coefficient (Wildman–Crippen LogP) is 3.44. The van der Waals surface area contributed by atoms with Gasteiger partial charge >= 0.3 is 5.97 Å². The van der Waals surface area contributed by atoms with Crippen LogP contribution in [0.4, 0.5) is 0 Å². The highest BCUT2D eigenvalue weighted by molar-refractivity contribution is 6.33. The predicted molar refractivity (Wildman–Crippen MR) is 74.8 cm³/mol. The van der Waals surface area contributed by atoms with Gasteiger partial charge in [0, 0.05) is 5.69 Å². The minimum absolute atomic E-state index is 0.00918. The van der Waals surface area contributed by atoms with Gasteiger partial charge in [-0.2, -0.15) is 5.26 Å². The second kappa shape index (κ2) is 5.72. The highest BCUT2D eigenvalue weighted by atomic mass is 35.5. The summed E-state index contributed by atoms with van der Waals surface area (Å²) in [4.78, 5) is 16.2. The summed E-state index contributed by atoms with van der Waals surface area (Å²) in [7, 11) is 0. The van der Waals surface area contributed by atoms with Crippen LogP contribution in [0, 0.1) is 25.2 Å². The van der Waals surface area contributed by atoms with E-state index in [1.807, 2.05) is 6.07 Å². The Balaban J connectivity index is 2.39. The number of esters is 1. The van der Waals surface area contributed by atoms with E-state index in [4.69, 9.17) is 21.6 Å². The first-order chi connectivity index (χ1) is 9.52. The van der Waals surface area contributed by atoms with Gasteiger partial charge in [0.15, 0.2) is 0 Å². The number of carbonyl (C=O) groups is 1. The molecule has 4 nitrogen and oxygen atoms in total. The summed E-state index contributed by atoms with van der Waals surface area (Å²) in [6, 6.07) is 10.3. The summed E-state index contributed by atoms with van der Waals surface area (Å²) >= 11 is 5.94. The molecule has 0 fully saturated rings. The lowest BCUT2D eigenvalue weighted by Crippen LogP contribution is -2.12. The third kappa shape index (κ3) is 2.79. The molecule has 0 saturated carbocycles. The van der Waals surface area contributed by atoms with Gasteiger partial charge in [-0.1, -0.05) is 23.7 Å². The van der Waals surface area contributed by atoms with Crippen molar-refractivity contribution < 1.29 is 9.53 Å². The molecule has 0 aliphatic carbocycles. The Labute approximate surface area is 121 Å². The third-order valence-corrected chi connectivity index (χ3v) is 3.04. The van der Waals surface area contributed by atoms with Gasteiger partial charge in [-0.25, -0.2) is 9.78 Å². The minimum atomic E-state index is -0.635. The number of rotatable bonds is 2. The van der Waals surface area contributed by atoms with Crippen molar-refractivity contribution in [2.75, 3.05) is 0 Å². The number of pyridine rings is 1. The topological polar surface area (TPSA) is 63.0 Å². The SMILES string of the molecule is Cc1cc(C)c(C#N)c(OC(=O)c2ccccc2Cl)n1. The Kier molecular flexibility index (Phi) is 4.02. The maximum Gasteiger partial charge on any atom is 0.346 e. The summed E-state index contributed by atoms with van der Waals surface area (Å²) < 4.78 is 5.21. The molecule has 1 heterocycles. The molecule has 20 heavy (non-hydrogen) atoms. The van der Waals surface area contributed by atoms with Crippen molar-refractivity contribution in [2.45, 2.75) is 13.8 Å². The molecule has 2 rings (SSSR count). The average molecular weight is 287 g/mol. The lowest BCUT2D eigenvalue weighted by Gasteiger charge is -2.08. The van der Waals surface area contributed by atoms with E-state index in [1.165, 1.54) is 0 Å². The van der Waals surface area contributed by atoms with Gasteiger partial charge in [-0.3, -0.25) is 0 Å². The van der Waals surface area contributed by atoms with Gasteiger partial charge in [0.1, 0.15) is 11.6 Å². The normalized spacial score (nSPS) is 9.90. The van der Waals surface area contributed by atoms with E-state index in [9.17, 15) is 4.79 Å². The van der Waals surface area contributed by atoms with Gasteiger partial charge in [-0.15, -0.1) is 0 Å². The molecule has 1 aromatic carbocycles. The highest BCUT2D eigenvalue weighted by Crippen LogP contribution is 2.22. The molecule has 0 bridgehead atoms. The van der Waals surface area contributed by atoms with Crippen molar-refractivity contribution in [2.24, 2.45) is 0 Å². The van der Waals surface area contributed by atoms with Gasteiger partial charge in [-0.05, 0) is 37.6 Å². The average Bonchev–Trinajstić information content (AvgIpc) is 2.38. The molecular weight excluding hydrogens is 276 g/mol. The van der Waals surface area contributed by atoms with Crippen LogP contribution in [-0.4, -0.2) is 11.0 Å². The standard InChI is InChI=1S/C15H11ClN2O2/c1-9-7-10(2)18-14(12(9)8-17)20-15(19)11-5-3-4-6-13(11)16/h3-7H,1-2H3. The number of aryl methyl sites for hydroxylation is 2. The fourth-order valence-electron chi connectivity index (χ4n) is 1.78. The Bertz CT molecular complexity index is 720. The maximum atomic E-state index is 12.1. The molecule has 1 aromatic heterocycles. The molecule has 0 spiro atoms. The van der Waals surface area contributed by atoms with Crippen LogP contribution in [0.2, 0.25) is 5.02 Å². The quantitative estimate of drug-likeness (QED) is 0.793. The zero-order chi connectivity index (χ0) is 14.7. The molecule has 0 radical (unpaired) electrons. The summed E-state index contributed by atoms with van der Waals surface area (Å²) in [5.74, 6) is -0.625. The maximum absolute atomic E-state index is 12.1. The lowest BCUT2D eigenvalue weighted by atomic mass is 10.1. The van der Waals surface area contributed by atoms with Crippen LogP contribution in [0.15, 0.2) is 30.3 Å². The number of benzene rings is 1. The smallest absolute Gasteiger partial charge is 0.346 e. The zero-order valence-corrected chi connectivity index (χ0v) is 11.7. The second-order valence-electron chi connectivity index (χ2n) is 4.24. The van der Waals surface area contributed by atoms with Gasteiger partial charge in [0.05, 0.1) is 10.6 Å². The lowest BCUT2D eigenvalue weighted by molar-refractivity contribution is 0.0727. The second-order valence-corrected chi connectivity index (χ2v) is 4.65. The molecule has 0 atom stereocenters. The fraction of sp³-hybridized carbons (Fsp3) is 0.133. The first-order valence-electron chi connectivity index (χ1n) is 5.88. The Morgan fingerprint density at radius 1 is 1.35 bits per heavy atom. The van der Waals surface area contributed by atoms with Crippen LogP contribution in [0.25, 0.3) is 0 Å². The molecule has 100 valence electrons. The number of aromatic nitrogens is 1. The highest BCUT2D eigenvalue weighted by Gasteiger charge is 2.17. The van der Waals surface area contributed by atoms with Crippen molar-refractivity contribution in [3.05, 3.63) is 57.7 Å². The Hall–Kier alpha value is -2.38. The molecular formula is C15H11ClN2O2. The van der Waals surface area contributed by atoms with Crippen LogP contribution in [-0.2, 0) is 0 Å². The van der Waals surface area contributed by atoms with Crippen molar-refractivity contribution >= 4 is 17.6 Å². The van der Waals surface area contributed by atoms with E-state index in [1.54, 1.807) is 44.2 Å². The number of halogens is 1. The number of nitriles is 1. The van der Waals surface area contributed by atoms with E-state index < -0.39 is 5.97 Å². The molecule has 0 aliphatic heterocycles. The number of nitrogens with zero attached hydrogens (tertiary/aromatic N) is 2. The monoisotopic (exact) mass is 286 g/mol. The van der Waals surface area contributed by atoms with E-state index in [2.05, 4.69) is 4.98 Å². The number of hydrogen-bond acceptors (Lipinski definition) is 4. The molecule has 0 N–H and O–H groups in total. The Morgan fingerprint density at radius 2 is 2.05 bits per heavy atom. The zero-order valence-electron chi connectivity index (χ0n) is 11.0. The van der Waals surface area contributed by atoms with Crippen LogP contribution in [0.5, 0.6) is 5.88 Å². The van der Waals surface area contributed by atoms with Gasteiger partial charge in [0.25, 0.3) is 0 Å². The van der Waals surface area contributed by atoms with Gasteiger partial charge < -0.3 is 4.74 Å². The first-order valence-corrected chi connectivity index (χ1v) is 6.25. The molecule has 0 aliphatic rings. The summed E-state index contributed by atoms with van der Waals surface area (Å²) in [6.45, 7) is 3.53. The van der Waals surface area contributed by atoms with Crippen molar-refractivity contribution in [1.29, 1.82) is 5.26 Å². The molecule has 0 saturated heterocycles. The van der Waals surface area contributed by atoms with E-state index in [0.717, 1.165) is 0 Å². The molecule has 2 aromatic rings. The molecule has 0 amide bonds. The number of hydrogen-bond donors (Lipinski definition) is 0. The van der Waals surface area contributed by atoms with Crippen LogP contribution in [0.3, 0.4) is 0 Å². The van der Waals surface area contributed by atoms with Crippen LogP contribution < -0.4 is 4.74 Å². The minimum Gasteiger partial charge on any atom is -0.402 e. The molecule has 0 unspecified atom stereocenters. The van der Waals surface area contributed by atoms with Crippen molar-refractivity contribution in [1.82, 2.24) is 4.98 Å². The first kappa shape index (κ1) is 14.0. The van der Waals surface area contributed by atoms with Crippen LogP contribution >= 0.6 is 11.6 Å². The fourth-order valence-corrected chi connectivity index (χ4v) is 1.99. The third-order valence-electron chi connectivity index (χ3n) is 2.71. The van der Waals surface area contributed by atoms with Crippen molar-refractivity contribution in [3.63, 3.8) is 0 Å². The summed E-state index contributed by atoms with van der Waals surface area (Å²) in [5, 5.41) is 9.41. The summed E-state index contributed by atoms with van der Waals surface area (Å²) in [6.07, 6.45) is 0. The Morgan fingerprint density at radius 3 is 2.70 bits per heavy atom.